The zero-order valence-corrected chi connectivity index (χ0v) is 14.5. The van der Waals surface area contributed by atoms with Crippen LogP contribution in [0, 0.1) is 0 Å². The maximum absolute atomic E-state index is 13.1. The Kier molecular flexibility index (Phi) is 4.12. The van der Waals surface area contributed by atoms with Crippen molar-refractivity contribution in [3.63, 3.8) is 0 Å². The maximum atomic E-state index is 13.1. The summed E-state index contributed by atoms with van der Waals surface area (Å²) in [7, 11) is 1.62. The van der Waals surface area contributed by atoms with Crippen LogP contribution in [-0.2, 0) is 6.54 Å². The molecule has 0 atom stereocenters. The molecule has 0 amide bonds. The van der Waals surface area contributed by atoms with Crippen LogP contribution in [0.3, 0.4) is 0 Å². The lowest BCUT2D eigenvalue weighted by Gasteiger charge is -2.06. The number of ether oxygens (including phenoxy) is 3. The highest BCUT2D eigenvalue weighted by molar-refractivity contribution is 7.13. The molecule has 5 nitrogen and oxygen atoms in total. The number of anilines is 1. The van der Waals surface area contributed by atoms with E-state index in [1.807, 2.05) is 29.6 Å². The molecule has 0 aliphatic carbocycles. The molecule has 0 unspecified atom stereocenters. The number of fused-ring (bicyclic) bond motifs is 1. The van der Waals surface area contributed by atoms with Crippen LogP contribution in [0.1, 0.15) is 5.69 Å². The van der Waals surface area contributed by atoms with Gasteiger partial charge in [-0.1, -0.05) is 12.1 Å². The van der Waals surface area contributed by atoms with Gasteiger partial charge in [-0.3, -0.25) is 0 Å². The lowest BCUT2D eigenvalue weighted by Crippen LogP contribution is -2.25. The summed E-state index contributed by atoms with van der Waals surface area (Å²) in [5.74, 6) is 0.790. The van der Waals surface area contributed by atoms with Gasteiger partial charge in [0.25, 0.3) is 0 Å². The molecule has 0 fully saturated rings. The third kappa shape index (κ3) is 3.28. The second-order valence-electron chi connectivity index (χ2n) is 5.53. The lowest BCUT2D eigenvalue weighted by atomic mass is 10.2. The summed E-state index contributed by atoms with van der Waals surface area (Å²) in [6, 6.07) is 12.2. The minimum atomic E-state index is -3.61. The van der Waals surface area contributed by atoms with Crippen molar-refractivity contribution in [1.82, 2.24) is 4.98 Å². The van der Waals surface area contributed by atoms with Crippen molar-refractivity contribution in [3.05, 3.63) is 53.5 Å². The molecule has 1 aliphatic heterocycles. The fraction of sp³-hybridized carbons (Fsp3) is 0.167. The van der Waals surface area contributed by atoms with Gasteiger partial charge in [-0.25, -0.2) is 4.98 Å². The first-order valence-corrected chi connectivity index (χ1v) is 8.63. The smallest absolute Gasteiger partial charge is 0.496 e. The molecule has 0 spiro atoms. The van der Waals surface area contributed by atoms with E-state index in [2.05, 4.69) is 19.8 Å². The summed E-state index contributed by atoms with van der Waals surface area (Å²) < 4.78 is 40.3. The number of methoxy groups -OCH3 is 1. The highest BCUT2D eigenvalue weighted by Gasteiger charge is 2.43. The Morgan fingerprint density at radius 3 is 2.81 bits per heavy atom. The summed E-state index contributed by atoms with van der Waals surface area (Å²) in [5.41, 5.74) is 2.40. The number of alkyl halides is 2. The Morgan fingerprint density at radius 2 is 1.96 bits per heavy atom. The van der Waals surface area contributed by atoms with Gasteiger partial charge in [0.1, 0.15) is 10.8 Å². The molecule has 4 rings (SSSR count). The number of nitrogens with zero attached hydrogens (tertiary/aromatic N) is 1. The molecule has 1 N–H and O–H groups in total. The Hall–Kier alpha value is -2.87. The van der Waals surface area contributed by atoms with Gasteiger partial charge in [-0.15, -0.1) is 20.1 Å². The average molecular weight is 376 g/mol. The first kappa shape index (κ1) is 16.6. The standard InChI is InChI=1S/C18H14F2N2O3S/c1-23-14-5-3-2-4-13(14)17-22-12(10-26-17)9-21-11-6-7-15-16(8-11)25-18(19,20)24-15/h2-8,10,21H,9H2,1H3. The number of hydrogen-bond acceptors (Lipinski definition) is 6. The van der Waals surface area contributed by atoms with E-state index in [9.17, 15) is 8.78 Å². The number of thiazole rings is 1. The molecular weight excluding hydrogens is 362 g/mol. The van der Waals surface area contributed by atoms with E-state index in [-0.39, 0.29) is 11.5 Å². The Morgan fingerprint density at radius 1 is 1.15 bits per heavy atom. The van der Waals surface area contributed by atoms with Gasteiger partial charge in [-0.05, 0) is 24.3 Å². The number of rotatable bonds is 5. The monoisotopic (exact) mass is 376 g/mol. The molecule has 134 valence electrons. The molecular formula is C18H14F2N2O3S. The molecule has 0 saturated carbocycles. The largest absolute Gasteiger partial charge is 0.586 e. The van der Waals surface area contributed by atoms with Crippen LogP contribution in [-0.4, -0.2) is 18.4 Å². The first-order chi connectivity index (χ1) is 12.5. The molecule has 3 aromatic rings. The summed E-state index contributed by atoms with van der Waals surface area (Å²) in [5, 5.41) is 5.94. The van der Waals surface area contributed by atoms with E-state index < -0.39 is 6.29 Å². The zero-order valence-electron chi connectivity index (χ0n) is 13.7. The molecule has 2 heterocycles. The van der Waals surface area contributed by atoms with E-state index in [4.69, 9.17) is 4.74 Å². The molecule has 8 heteroatoms. The van der Waals surface area contributed by atoms with Crippen molar-refractivity contribution in [2.24, 2.45) is 0 Å². The van der Waals surface area contributed by atoms with Crippen molar-refractivity contribution in [2.75, 3.05) is 12.4 Å². The van der Waals surface area contributed by atoms with Gasteiger partial charge in [-0.2, -0.15) is 0 Å². The highest BCUT2D eigenvalue weighted by atomic mass is 32.1. The van der Waals surface area contributed by atoms with E-state index in [0.29, 0.717) is 12.2 Å². The van der Waals surface area contributed by atoms with Crippen molar-refractivity contribution in [2.45, 2.75) is 12.8 Å². The van der Waals surface area contributed by atoms with Crippen LogP contribution >= 0.6 is 11.3 Å². The normalized spacial score (nSPS) is 14.3. The third-order valence-corrected chi connectivity index (χ3v) is 4.69. The second kappa shape index (κ2) is 6.45. The fourth-order valence-electron chi connectivity index (χ4n) is 2.58. The number of para-hydroxylation sites is 1. The lowest BCUT2D eigenvalue weighted by molar-refractivity contribution is -0.286. The molecule has 0 saturated heterocycles. The summed E-state index contributed by atoms with van der Waals surface area (Å²) in [4.78, 5) is 4.60. The van der Waals surface area contributed by atoms with E-state index in [1.165, 1.54) is 23.5 Å². The average Bonchev–Trinajstić information content (AvgIpc) is 3.22. The van der Waals surface area contributed by atoms with E-state index in [1.54, 1.807) is 13.2 Å². The molecule has 0 radical (unpaired) electrons. The van der Waals surface area contributed by atoms with Gasteiger partial charge in [0.05, 0.1) is 24.9 Å². The first-order valence-electron chi connectivity index (χ1n) is 7.76. The van der Waals surface area contributed by atoms with E-state index in [0.717, 1.165) is 22.0 Å². The zero-order chi connectivity index (χ0) is 18.1. The van der Waals surface area contributed by atoms with Gasteiger partial charge in [0, 0.05) is 17.1 Å². The number of benzene rings is 2. The highest BCUT2D eigenvalue weighted by Crippen LogP contribution is 2.42. The number of halogens is 2. The minimum Gasteiger partial charge on any atom is -0.496 e. The molecule has 0 bridgehead atoms. The van der Waals surface area contributed by atoms with Crippen LogP contribution in [0.4, 0.5) is 14.5 Å². The van der Waals surface area contributed by atoms with Gasteiger partial charge < -0.3 is 19.5 Å². The van der Waals surface area contributed by atoms with E-state index >= 15 is 0 Å². The summed E-state index contributed by atoms with van der Waals surface area (Å²) in [6.07, 6.45) is -3.61. The van der Waals surface area contributed by atoms with Crippen molar-refractivity contribution in [1.29, 1.82) is 0 Å². The summed E-state index contributed by atoms with van der Waals surface area (Å²) >= 11 is 1.51. The molecule has 1 aliphatic rings. The SMILES string of the molecule is COc1ccccc1-c1nc(CNc2ccc3c(c2)OC(F)(F)O3)cs1. The quantitative estimate of drug-likeness (QED) is 0.696. The van der Waals surface area contributed by atoms with Crippen LogP contribution in [0.2, 0.25) is 0 Å². The van der Waals surface area contributed by atoms with Crippen LogP contribution < -0.4 is 19.5 Å². The Labute approximate surface area is 152 Å². The molecule has 1 aromatic heterocycles. The van der Waals surface area contributed by atoms with Gasteiger partial charge >= 0.3 is 6.29 Å². The third-order valence-electron chi connectivity index (χ3n) is 3.76. The fourth-order valence-corrected chi connectivity index (χ4v) is 3.43. The van der Waals surface area contributed by atoms with Crippen molar-refractivity contribution in [3.8, 4) is 27.8 Å². The van der Waals surface area contributed by atoms with Crippen LogP contribution in [0.5, 0.6) is 17.2 Å². The molecule has 26 heavy (non-hydrogen) atoms. The van der Waals surface area contributed by atoms with Crippen molar-refractivity contribution >= 4 is 17.0 Å². The Bertz CT molecular complexity index is 946. The molecule has 2 aromatic carbocycles. The van der Waals surface area contributed by atoms with Gasteiger partial charge in [0.15, 0.2) is 11.5 Å². The van der Waals surface area contributed by atoms with Crippen LogP contribution in [0.25, 0.3) is 10.6 Å². The maximum Gasteiger partial charge on any atom is 0.586 e. The minimum absolute atomic E-state index is 0.00740. The summed E-state index contributed by atoms with van der Waals surface area (Å²) in [6.45, 7) is 0.446. The number of nitrogens with one attached hydrogen (secondary N) is 1. The number of hydrogen-bond donors (Lipinski definition) is 1. The number of aromatic nitrogens is 1. The second-order valence-corrected chi connectivity index (χ2v) is 6.38. The van der Waals surface area contributed by atoms with Gasteiger partial charge in [0.2, 0.25) is 0 Å². The topological polar surface area (TPSA) is 52.6 Å². The Balaban J connectivity index is 1.46. The predicted molar refractivity (Wildman–Crippen MR) is 94.1 cm³/mol. The predicted octanol–water partition coefficient (Wildman–Crippen LogP) is 4.75. The van der Waals surface area contributed by atoms with Crippen molar-refractivity contribution < 1.29 is 23.0 Å². The van der Waals surface area contributed by atoms with Crippen LogP contribution in [0.15, 0.2) is 47.8 Å².